The van der Waals surface area contributed by atoms with Gasteiger partial charge in [0.25, 0.3) is 0 Å². The van der Waals surface area contributed by atoms with Crippen molar-refractivity contribution in [1.82, 2.24) is 20.2 Å². The van der Waals surface area contributed by atoms with Crippen LogP contribution in [0, 0.1) is 0 Å². The third kappa shape index (κ3) is 3.14. The van der Waals surface area contributed by atoms with Crippen LogP contribution >= 0.6 is 0 Å². The summed E-state index contributed by atoms with van der Waals surface area (Å²) in [7, 11) is 0. The molecule has 2 N–H and O–H groups in total. The van der Waals surface area contributed by atoms with Crippen LogP contribution in [0.15, 0.2) is 36.9 Å². The zero-order valence-corrected chi connectivity index (χ0v) is 11.4. The zero-order chi connectivity index (χ0) is 15.4. The third-order valence-corrected chi connectivity index (χ3v) is 2.91. The number of amides is 2. The van der Waals surface area contributed by atoms with Crippen molar-refractivity contribution in [2.24, 2.45) is 0 Å². The van der Waals surface area contributed by atoms with Crippen molar-refractivity contribution < 1.29 is 19.1 Å². The molecule has 9 nitrogen and oxygen atoms in total. The van der Waals surface area contributed by atoms with E-state index in [0.29, 0.717) is 18.1 Å². The van der Waals surface area contributed by atoms with Gasteiger partial charge in [-0.3, -0.25) is 15.0 Å². The first-order valence-corrected chi connectivity index (χ1v) is 6.54. The average Bonchev–Trinajstić information content (AvgIpc) is 3.05. The molecule has 1 atom stereocenters. The predicted molar refractivity (Wildman–Crippen MR) is 73.8 cm³/mol. The normalized spacial score (nSPS) is 15.9. The van der Waals surface area contributed by atoms with Crippen molar-refractivity contribution in [3.63, 3.8) is 0 Å². The van der Waals surface area contributed by atoms with Gasteiger partial charge >= 0.3 is 11.8 Å². The van der Waals surface area contributed by atoms with Crippen LogP contribution < -0.4 is 20.2 Å². The van der Waals surface area contributed by atoms with E-state index in [-0.39, 0.29) is 12.6 Å². The Morgan fingerprint density at radius 1 is 1.18 bits per heavy atom. The van der Waals surface area contributed by atoms with Gasteiger partial charge in [0.15, 0.2) is 11.5 Å². The minimum Gasteiger partial charge on any atom is -0.486 e. The van der Waals surface area contributed by atoms with Gasteiger partial charge in [0.1, 0.15) is 25.4 Å². The molecule has 0 bridgehead atoms. The lowest BCUT2D eigenvalue weighted by Crippen LogP contribution is -2.45. The maximum atomic E-state index is 11.7. The lowest BCUT2D eigenvalue weighted by molar-refractivity contribution is -0.137. The number of nitrogens with zero attached hydrogens (tertiary/aromatic N) is 3. The molecule has 0 fully saturated rings. The highest BCUT2D eigenvalue weighted by Gasteiger charge is 2.22. The number of benzene rings is 1. The highest BCUT2D eigenvalue weighted by Crippen LogP contribution is 2.30. The lowest BCUT2D eigenvalue weighted by Gasteiger charge is -2.26. The molecule has 0 aliphatic carbocycles. The van der Waals surface area contributed by atoms with Crippen molar-refractivity contribution in [1.29, 1.82) is 0 Å². The summed E-state index contributed by atoms with van der Waals surface area (Å²) in [6.45, 7) is 0.452. The van der Waals surface area contributed by atoms with Crippen molar-refractivity contribution in [3.05, 3.63) is 36.9 Å². The Balaban J connectivity index is 1.48. The van der Waals surface area contributed by atoms with Gasteiger partial charge in [0.2, 0.25) is 0 Å². The molecule has 2 amide bonds. The molecular weight excluding hydrogens is 290 g/mol. The molecule has 0 saturated heterocycles. The monoisotopic (exact) mass is 303 g/mol. The van der Waals surface area contributed by atoms with E-state index in [1.165, 1.54) is 17.3 Å². The summed E-state index contributed by atoms with van der Waals surface area (Å²) in [5.74, 6) is -0.328. The van der Waals surface area contributed by atoms with Gasteiger partial charge in [-0.15, -0.1) is 10.2 Å². The molecule has 1 aromatic carbocycles. The quantitative estimate of drug-likeness (QED) is 0.726. The standard InChI is InChI=1S/C13H13N5O4/c19-12(13(20)17-18-7-15-16-8-18)14-5-9-6-21-10-3-1-2-4-11(10)22-9/h1-4,7-9H,5-6H2,(H,14,19)(H,17,20). The highest BCUT2D eigenvalue weighted by molar-refractivity contribution is 6.38. The Morgan fingerprint density at radius 2 is 1.91 bits per heavy atom. The summed E-state index contributed by atoms with van der Waals surface area (Å²) < 4.78 is 12.4. The average molecular weight is 303 g/mol. The van der Waals surface area contributed by atoms with E-state index in [0.717, 1.165) is 0 Å². The van der Waals surface area contributed by atoms with Crippen LogP contribution in [0.3, 0.4) is 0 Å². The first-order valence-electron chi connectivity index (χ1n) is 6.54. The van der Waals surface area contributed by atoms with Gasteiger partial charge in [-0.2, -0.15) is 0 Å². The van der Waals surface area contributed by atoms with E-state index in [1.54, 1.807) is 12.1 Å². The van der Waals surface area contributed by atoms with Crippen LogP contribution in [0.25, 0.3) is 0 Å². The van der Waals surface area contributed by atoms with Gasteiger partial charge in [0.05, 0.1) is 6.54 Å². The third-order valence-electron chi connectivity index (χ3n) is 2.91. The summed E-state index contributed by atoms with van der Waals surface area (Å²) in [5, 5.41) is 9.50. The first kappa shape index (κ1) is 13.9. The Bertz CT molecular complexity index is 673. The van der Waals surface area contributed by atoms with E-state index < -0.39 is 11.8 Å². The number of para-hydroxylation sites is 2. The molecule has 0 spiro atoms. The SMILES string of the molecule is O=C(NCC1COc2ccccc2O1)C(=O)Nn1cnnc1. The number of rotatable bonds is 3. The van der Waals surface area contributed by atoms with Gasteiger partial charge in [-0.05, 0) is 12.1 Å². The summed E-state index contributed by atoms with van der Waals surface area (Å²) in [4.78, 5) is 23.3. The Morgan fingerprint density at radius 3 is 2.68 bits per heavy atom. The van der Waals surface area contributed by atoms with Crippen molar-refractivity contribution in [3.8, 4) is 11.5 Å². The number of carbonyl (C=O) groups excluding carboxylic acids is 2. The topological polar surface area (TPSA) is 107 Å². The maximum absolute atomic E-state index is 11.7. The fourth-order valence-corrected chi connectivity index (χ4v) is 1.88. The van der Waals surface area contributed by atoms with Gasteiger partial charge in [0, 0.05) is 0 Å². The first-order chi connectivity index (χ1) is 10.7. The van der Waals surface area contributed by atoms with Crippen LogP contribution in [-0.2, 0) is 9.59 Å². The molecule has 114 valence electrons. The molecule has 2 heterocycles. The molecule has 9 heteroatoms. The summed E-state index contributed by atoms with van der Waals surface area (Å²) >= 11 is 0. The highest BCUT2D eigenvalue weighted by atomic mass is 16.6. The summed E-state index contributed by atoms with van der Waals surface area (Å²) in [6, 6.07) is 7.26. The number of fused-ring (bicyclic) bond motifs is 1. The maximum Gasteiger partial charge on any atom is 0.328 e. The molecule has 0 radical (unpaired) electrons. The summed E-state index contributed by atoms with van der Waals surface area (Å²) in [6.07, 6.45) is 2.17. The number of hydrogen-bond acceptors (Lipinski definition) is 6. The zero-order valence-electron chi connectivity index (χ0n) is 11.4. The van der Waals surface area contributed by atoms with Gasteiger partial charge in [-0.1, -0.05) is 12.1 Å². The number of carbonyl (C=O) groups is 2. The van der Waals surface area contributed by atoms with E-state index >= 15 is 0 Å². The van der Waals surface area contributed by atoms with Crippen LogP contribution in [-0.4, -0.2) is 45.9 Å². The minimum absolute atomic E-state index is 0.156. The predicted octanol–water partition coefficient (Wildman–Crippen LogP) is -0.696. The largest absolute Gasteiger partial charge is 0.486 e. The van der Waals surface area contributed by atoms with E-state index in [4.69, 9.17) is 9.47 Å². The molecular formula is C13H13N5O4. The fourth-order valence-electron chi connectivity index (χ4n) is 1.88. The molecule has 1 aliphatic rings. The van der Waals surface area contributed by atoms with Crippen molar-refractivity contribution in [2.75, 3.05) is 18.6 Å². The Hall–Kier alpha value is -3.10. The second kappa shape index (κ2) is 6.12. The Labute approximate surface area is 125 Å². The smallest absolute Gasteiger partial charge is 0.328 e. The number of hydrogen-bond donors (Lipinski definition) is 2. The second-order valence-electron chi connectivity index (χ2n) is 4.52. The number of ether oxygens (including phenoxy) is 2. The minimum atomic E-state index is -0.822. The van der Waals surface area contributed by atoms with Crippen LogP contribution in [0.2, 0.25) is 0 Å². The summed E-state index contributed by atoms with van der Waals surface area (Å²) in [5.41, 5.74) is 2.29. The van der Waals surface area contributed by atoms with Gasteiger partial charge in [-0.25, -0.2) is 4.68 Å². The molecule has 2 aromatic rings. The molecule has 0 saturated carbocycles. The van der Waals surface area contributed by atoms with Crippen LogP contribution in [0.5, 0.6) is 11.5 Å². The lowest BCUT2D eigenvalue weighted by atomic mass is 10.2. The van der Waals surface area contributed by atoms with Crippen LogP contribution in [0.1, 0.15) is 0 Å². The molecule has 22 heavy (non-hydrogen) atoms. The van der Waals surface area contributed by atoms with Gasteiger partial charge < -0.3 is 14.8 Å². The number of nitrogens with one attached hydrogen (secondary N) is 2. The van der Waals surface area contributed by atoms with Crippen molar-refractivity contribution >= 4 is 11.8 Å². The molecule has 1 aromatic heterocycles. The molecule has 3 rings (SSSR count). The number of aromatic nitrogens is 3. The van der Waals surface area contributed by atoms with E-state index in [1.807, 2.05) is 12.1 Å². The Kier molecular flexibility index (Phi) is 3.86. The molecule has 1 aliphatic heterocycles. The van der Waals surface area contributed by atoms with E-state index in [2.05, 4.69) is 20.9 Å². The second-order valence-corrected chi connectivity index (χ2v) is 4.52. The van der Waals surface area contributed by atoms with E-state index in [9.17, 15) is 9.59 Å². The fraction of sp³-hybridized carbons (Fsp3) is 0.231. The molecule has 1 unspecified atom stereocenters. The van der Waals surface area contributed by atoms with Crippen LogP contribution in [0.4, 0.5) is 0 Å². The van der Waals surface area contributed by atoms with Crippen molar-refractivity contribution in [2.45, 2.75) is 6.10 Å².